The highest BCUT2D eigenvalue weighted by Gasteiger charge is 2.51. The third-order valence-corrected chi connectivity index (χ3v) is 6.12. The van der Waals surface area contributed by atoms with Crippen LogP contribution in [0.4, 0.5) is 0 Å². The second kappa shape index (κ2) is 9.21. The van der Waals surface area contributed by atoms with Crippen LogP contribution >= 0.6 is 0 Å². The van der Waals surface area contributed by atoms with Gasteiger partial charge < -0.3 is 19.3 Å². The molecule has 174 valence electrons. The number of imidazole rings is 1. The molecule has 0 spiro atoms. The Balaban J connectivity index is 1.65. The Morgan fingerprint density at radius 1 is 1.24 bits per heavy atom. The van der Waals surface area contributed by atoms with Crippen molar-refractivity contribution in [3.63, 3.8) is 0 Å². The van der Waals surface area contributed by atoms with E-state index in [4.69, 9.17) is 4.52 Å². The van der Waals surface area contributed by atoms with Crippen molar-refractivity contribution in [2.24, 2.45) is 13.0 Å². The number of nitrogens with one attached hydrogen (secondary N) is 1. The van der Waals surface area contributed by atoms with Crippen LogP contribution < -0.4 is 5.32 Å². The molecular formula is C25H31N5O3. The molecule has 33 heavy (non-hydrogen) atoms. The van der Waals surface area contributed by atoms with E-state index in [0.29, 0.717) is 42.6 Å². The van der Waals surface area contributed by atoms with Gasteiger partial charge in [0.2, 0.25) is 5.91 Å². The molecule has 3 aromatic rings. The first-order chi connectivity index (χ1) is 15.8. The average Bonchev–Trinajstić information content (AvgIpc) is 3.53. The van der Waals surface area contributed by atoms with Gasteiger partial charge in [0, 0.05) is 44.4 Å². The minimum absolute atomic E-state index is 0.161. The van der Waals surface area contributed by atoms with E-state index in [-0.39, 0.29) is 18.2 Å². The minimum atomic E-state index is -1.05. The van der Waals surface area contributed by atoms with Gasteiger partial charge in [0.25, 0.3) is 5.91 Å². The summed E-state index contributed by atoms with van der Waals surface area (Å²) in [5.41, 5.74) is 2.11. The van der Waals surface area contributed by atoms with Crippen molar-refractivity contribution < 1.29 is 14.1 Å². The standard InChI is InChI=1S/C25H31N5O3/c1-17(2)14-26-24(32)25(10-5-11-30(25)23(31)22-15-29(4)16-27-22)13-20-12-21(28-33-20)19-8-6-18(3)7-9-19/h6-9,12,15-17H,5,10-11,13-14H2,1-4H3,(H,26,32)/t25-/m0/s1. The lowest BCUT2D eigenvalue weighted by Gasteiger charge is -2.36. The number of carbonyl (C=O) groups is 2. The van der Waals surface area contributed by atoms with Crippen molar-refractivity contribution in [3.05, 3.63) is 59.9 Å². The predicted molar refractivity (Wildman–Crippen MR) is 124 cm³/mol. The molecule has 1 aliphatic heterocycles. The summed E-state index contributed by atoms with van der Waals surface area (Å²) in [7, 11) is 1.82. The molecule has 2 aromatic heterocycles. The summed E-state index contributed by atoms with van der Waals surface area (Å²) in [5, 5.41) is 7.28. The number of aryl methyl sites for hydroxylation is 2. The Kier molecular flexibility index (Phi) is 6.35. The normalized spacial score (nSPS) is 18.2. The summed E-state index contributed by atoms with van der Waals surface area (Å²) < 4.78 is 7.39. The van der Waals surface area contributed by atoms with E-state index in [1.54, 1.807) is 22.0 Å². The summed E-state index contributed by atoms with van der Waals surface area (Å²) >= 11 is 0. The van der Waals surface area contributed by atoms with Gasteiger partial charge >= 0.3 is 0 Å². The first-order valence-electron chi connectivity index (χ1n) is 11.4. The zero-order chi connectivity index (χ0) is 23.6. The van der Waals surface area contributed by atoms with Gasteiger partial charge in [0.1, 0.15) is 22.7 Å². The van der Waals surface area contributed by atoms with Crippen molar-refractivity contribution in [1.29, 1.82) is 0 Å². The molecule has 1 atom stereocenters. The molecule has 0 saturated carbocycles. The topological polar surface area (TPSA) is 93.3 Å². The molecule has 8 heteroatoms. The van der Waals surface area contributed by atoms with Gasteiger partial charge in [-0.05, 0) is 25.7 Å². The van der Waals surface area contributed by atoms with Gasteiger partial charge in [-0.1, -0.05) is 48.8 Å². The highest BCUT2D eigenvalue weighted by Crippen LogP contribution is 2.35. The molecule has 1 saturated heterocycles. The zero-order valence-corrected chi connectivity index (χ0v) is 19.7. The van der Waals surface area contributed by atoms with Crippen LogP contribution in [0, 0.1) is 12.8 Å². The first kappa shape index (κ1) is 22.8. The molecule has 1 aromatic carbocycles. The van der Waals surface area contributed by atoms with E-state index in [9.17, 15) is 9.59 Å². The van der Waals surface area contributed by atoms with Crippen LogP contribution in [0.2, 0.25) is 0 Å². The van der Waals surface area contributed by atoms with Crippen molar-refractivity contribution in [2.45, 2.75) is 45.6 Å². The van der Waals surface area contributed by atoms with Crippen LogP contribution in [0.15, 0.2) is 47.4 Å². The van der Waals surface area contributed by atoms with E-state index in [1.165, 1.54) is 0 Å². The third kappa shape index (κ3) is 4.69. The van der Waals surface area contributed by atoms with Crippen molar-refractivity contribution in [3.8, 4) is 11.3 Å². The highest BCUT2D eigenvalue weighted by atomic mass is 16.5. The fourth-order valence-electron chi connectivity index (χ4n) is 4.34. The van der Waals surface area contributed by atoms with Gasteiger partial charge in [-0.25, -0.2) is 4.98 Å². The largest absolute Gasteiger partial charge is 0.361 e. The summed E-state index contributed by atoms with van der Waals surface area (Å²) in [6, 6.07) is 9.90. The molecular weight excluding hydrogens is 418 g/mol. The van der Waals surface area contributed by atoms with Gasteiger partial charge in [-0.3, -0.25) is 9.59 Å². The number of amides is 2. The maximum atomic E-state index is 13.5. The van der Waals surface area contributed by atoms with Crippen LogP contribution in [0.5, 0.6) is 0 Å². The summed E-state index contributed by atoms with van der Waals surface area (Å²) in [4.78, 5) is 32.8. The number of hydrogen-bond acceptors (Lipinski definition) is 5. The number of rotatable bonds is 7. The van der Waals surface area contributed by atoms with Crippen LogP contribution in [0.25, 0.3) is 11.3 Å². The molecule has 0 radical (unpaired) electrons. The van der Waals surface area contributed by atoms with E-state index in [2.05, 4.69) is 15.5 Å². The molecule has 8 nitrogen and oxygen atoms in total. The van der Waals surface area contributed by atoms with Gasteiger partial charge in [0.05, 0.1) is 6.33 Å². The van der Waals surface area contributed by atoms with Gasteiger partial charge in [-0.15, -0.1) is 0 Å². The second-order valence-corrected chi connectivity index (χ2v) is 9.34. The smallest absolute Gasteiger partial charge is 0.274 e. The summed E-state index contributed by atoms with van der Waals surface area (Å²) in [6.07, 6.45) is 4.81. The van der Waals surface area contributed by atoms with Crippen LogP contribution in [-0.4, -0.2) is 50.1 Å². The molecule has 3 heterocycles. The van der Waals surface area contributed by atoms with Crippen molar-refractivity contribution >= 4 is 11.8 Å². The Morgan fingerprint density at radius 2 is 2.00 bits per heavy atom. The van der Waals surface area contributed by atoms with Gasteiger partial charge in [0.15, 0.2) is 0 Å². The Hall–Kier alpha value is -3.42. The fourth-order valence-corrected chi connectivity index (χ4v) is 4.34. The Bertz CT molecular complexity index is 1130. The van der Waals surface area contributed by atoms with Crippen LogP contribution in [0.3, 0.4) is 0 Å². The fraction of sp³-hybridized carbons (Fsp3) is 0.440. The molecule has 1 aliphatic rings. The number of carbonyl (C=O) groups excluding carboxylic acids is 2. The lowest BCUT2D eigenvalue weighted by molar-refractivity contribution is -0.131. The number of hydrogen-bond donors (Lipinski definition) is 1. The molecule has 0 bridgehead atoms. The lowest BCUT2D eigenvalue weighted by Crippen LogP contribution is -2.59. The molecule has 1 fully saturated rings. The summed E-state index contributed by atoms with van der Waals surface area (Å²) in [6.45, 7) is 7.15. The van der Waals surface area contributed by atoms with E-state index < -0.39 is 5.54 Å². The second-order valence-electron chi connectivity index (χ2n) is 9.34. The molecule has 2 amide bonds. The number of likely N-dealkylation sites (tertiary alicyclic amines) is 1. The predicted octanol–water partition coefficient (Wildman–Crippen LogP) is 3.37. The van der Waals surface area contributed by atoms with E-state index in [0.717, 1.165) is 17.5 Å². The molecule has 1 N–H and O–H groups in total. The van der Waals surface area contributed by atoms with E-state index in [1.807, 2.05) is 58.2 Å². The Labute approximate surface area is 194 Å². The van der Waals surface area contributed by atoms with Crippen molar-refractivity contribution in [1.82, 2.24) is 24.9 Å². The maximum Gasteiger partial charge on any atom is 0.274 e. The zero-order valence-electron chi connectivity index (χ0n) is 19.7. The molecule has 4 rings (SSSR count). The first-order valence-corrected chi connectivity index (χ1v) is 11.4. The SMILES string of the molecule is Cc1ccc(-c2cc(C[C@]3(C(=O)NCC(C)C)CCCN3C(=O)c3cn(C)cn3)on2)cc1. The Morgan fingerprint density at radius 3 is 2.67 bits per heavy atom. The number of aromatic nitrogens is 3. The number of benzene rings is 1. The molecule has 0 aliphatic carbocycles. The monoisotopic (exact) mass is 449 g/mol. The lowest BCUT2D eigenvalue weighted by atomic mass is 9.88. The quantitative estimate of drug-likeness (QED) is 0.597. The average molecular weight is 450 g/mol. The maximum absolute atomic E-state index is 13.5. The number of nitrogens with zero attached hydrogens (tertiary/aromatic N) is 4. The third-order valence-electron chi connectivity index (χ3n) is 6.12. The van der Waals surface area contributed by atoms with Gasteiger partial charge in [-0.2, -0.15) is 0 Å². The van der Waals surface area contributed by atoms with Crippen LogP contribution in [-0.2, 0) is 18.3 Å². The summed E-state index contributed by atoms with van der Waals surface area (Å²) in [5.74, 6) is 0.467. The van der Waals surface area contributed by atoms with Crippen molar-refractivity contribution in [2.75, 3.05) is 13.1 Å². The van der Waals surface area contributed by atoms with E-state index >= 15 is 0 Å². The molecule has 0 unspecified atom stereocenters. The van der Waals surface area contributed by atoms with Crippen LogP contribution in [0.1, 0.15) is 48.5 Å². The minimum Gasteiger partial charge on any atom is -0.361 e. The highest BCUT2D eigenvalue weighted by molar-refractivity contribution is 5.98.